The van der Waals surface area contributed by atoms with E-state index in [0.29, 0.717) is 0 Å². The van der Waals surface area contributed by atoms with Crippen LogP contribution in [0.5, 0.6) is 0 Å². The van der Waals surface area contributed by atoms with Crippen molar-refractivity contribution in [2.45, 2.75) is 195 Å². The van der Waals surface area contributed by atoms with Crippen LogP contribution in [0.25, 0.3) is 4.65 Å². The summed E-state index contributed by atoms with van der Waals surface area (Å²) in [6, 6.07) is 18.4. The molecule has 73 heavy (non-hydrogen) atoms. The van der Waals surface area contributed by atoms with Crippen LogP contribution in [0.2, 0.25) is 39.3 Å². The third-order valence-electron chi connectivity index (χ3n) is 10.2. The molecule has 13 nitrogen and oxygen atoms in total. The quantitative estimate of drug-likeness (QED) is 0.0186. The minimum atomic E-state index is -1.11. The molecule has 2 aromatic carbocycles. The van der Waals surface area contributed by atoms with Gasteiger partial charge in [-0.3, -0.25) is 19.2 Å². The fraction of sp³-hybridized carbons (Fsp3) is 0.607. The molecule has 3 amide bonds. The Labute approximate surface area is 460 Å². The monoisotopic (exact) mass is 1070 g/mol. The van der Waals surface area contributed by atoms with Crippen molar-refractivity contribution in [2.24, 2.45) is 0 Å². The summed E-state index contributed by atoms with van der Waals surface area (Å²) < 4.78 is 23.8. The number of ether oxygens (including phenoxy) is 4. The van der Waals surface area contributed by atoms with Crippen molar-refractivity contribution in [3.8, 4) is 0 Å². The zero-order valence-electron chi connectivity index (χ0n) is 46.9. The molecule has 0 unspecified atom stereocenters. The van der Waals surface area contributed by atoms with E-state index in [-0.39, 0.29) is 43.9 Å². The van der Waals surface area contributed by atoms with E-state index in [1.807, 2.05) is 66.7 Å². The molecule has 0 heterocycles. The molecule has 0 saturated carbocycles. The molecule has 1 N–H and O–H groups in total. The van der Waals surface area contributed by atoms with Gasteiger partial charge in [-0.15, -0.1) is 0 Å². The maximum absolute atomic E-state index is 12.4. The third-order valence-corrected chi connectivity index (χ3v) is 15.6. The van der Waals surface area contributed by atoms with Gasteiger partial charge in [0.05, 0.1) is 14.2 Å². The number of imide groups is 1. The van der Waals surface area contributed by atoms with Gasteiger partial charge < -0.3 is 28.9 Å². The van der Waals surface area contributed by atoms with Gasteiger partial charge in [-0.1, -0.05) is 245 Å². The molecule has 0 spiro atoms. The molecule has 0 bridgehead atoms. The van der Waals surface area contributed by atoms with Gasteiger partial charge in [0.15, 0.2) is 0 Å². The summed E-state index contributed by atoms with van der Waals surface area (Å²) >= 11 is 5.18. The SMILES string of the molecule is CCCCCCCCCCC/C=C/C(=O)Cl.CCCCCCCCCCC/C=C/C(=O)N(CC(=O)OC)C(=O)OCc1ccccc1.COC(=O)CNC(=O)OCc1ccccc1.C[Si](C)(C)[N-][Si](C)(C)C.[Li+]. The van der Waals surface area contributed by atoms with E-state index in [1.165, 1.54) is 129 Å². The van der Waals surface area contributed by atoms with Gasteiger partial charge in [0.2, 0.25) is 5.24 Å². The van der Waals surface area contributed by atoms with Gasteiger partial charge in [-0.05, 0) is 60.6 Å². The number of alkyl carbamates (subject to hydrolysis) is 1. The number of amides is 3. The van der Waals surface area contributed by atoms with Crippen molar-refractivity contribution in [3.05, 3.63) is 101 Å². The van der Waals surface area contributed by atoms with E-state index in [4.69, 9.17) is 25.7 Å². The maximum Gasteiger partial charge on any atom is 1.00 e. The Bertz CT molecular complexity index is 1770. The smallest absolute Gasteiger partial charge is 0.668 e. The first-order valence-corrected chi connectivity index (χ1v) is 33.4. The van der Waals surface area contributed by atoms with Gasteiger partial charge >= 0.3 is 43.0 Å². The molecule has 0 aliphatic heterocycles. The molecular formula is C56H93ClLiN3O10Si2. The van der Waals surface area contributed by atoms with E-state index in [2.05, 4.69) is 67.9 Å². The molecule has 0 aromatic heterocycles. The summed E-state index contributed by atoms with van der Waals surface area (Å²) in [5, 5.41) is 1.90. The Hall–Kier alpha value is -3.98. The van der Waals surface area contributed by atoms with Crippen LogP contribution in [0.4, 0.5) is 9.59 Å². The first kappa shape index (κ1) is 73.3. The van der Waals surface area contributed by atoms with Gasteiger partial charge in [0.25, 0.3) is 5.91 Å². The van der Waals surface area contributed by atoms with Gasteiger partial charge in [0.1, 0.15) is 26.3 Å². The molecule has 2 rings (SSSR count). The van der Waals surface area contributed by atoms with Crippen LogP contribution in [0.1, 0.15) is 153 Å². The van der Waals surface area contributed by atoms with Crippen LogP contribution in [-0.2, 0) is 51.3 Å². The Balaban J connectivity index is -0.000000985. The number of unbranched alkanes of at least 4 members (excludes halogenated alkanes) is 18. The van der Waals surface area contributed by atoms with Crippen LogP contribution in [0, 0.1) is 0 Å². The summed E-state index contributed by atoms with van der Waals surface area (Å²) in [5.41, 5.74) is 1.68. The number of nitrogens with zero attached hydrogens (tertiary/aromatic N) is 2. The number of methoxy groups -OCH3 is 2. The second-order valence-electron chi connectivity index (χ2n) is 19.3. The largest absolute Gasteiger partial charge is 1.00 e. The van der Waals surface area contributed by atoms with Gasteiger partial charge in [-0.2, -0.15) is 0 Å². The van der Waals surface area contributed by atoms with Crippen LogP contribution in [-0.4, -0.2) is 84.0 Å². The number of carbonyl (C=O) groups is 6. The van der Waals surface area contributed by atoms with Crippen molar-refractivity contribution in [1.29, 1.82) is 0 Å². The van der Waals surface area contributed by atoms with Crippen molar-refractivity contribution in [3.63, 3.8) is 0 Å². The fourth-order valence-corrected chi connectivity index (χ4v) is 15.0. The number of halogens is 1. The van der Waals surface area contributed by atoms with E-state index < -0.39 is 53.0 Å². The molecule has 2 aromatic rings. The maximum atomic E-state index is 12.4. The summed E-state index contributed by atoms with van der Waals surface area (Å²) in [6.07, 6.45) is 29.8. The van der Waals surface area contributed by atoms with Crippen molar-refractivity contribution in [2.75, 3.05) is 27.3 Å². The number of allylic oxidation sites excluding steroid dienone is 3. The average molecular weight is 1070 g/mol. The second kappa shape index (κ2) is 48.9. The zero-order valence-corrected chi connectivity index (χ0v) is 49.7. The standard InChI is InChI=1S/C25H37NO5.C14H25ClO.C11H13NO4.C6H18NSi2.Li/c1-3-4-5-6-7-8-9-10-11-12-16-19-23(27)26(20-24(28)30-2)25(29)31-21-22-17-14-13-15-18-22;1-2-3-4-5-6-7-8-9-10-11-12-13-14(15)16;1-15-10(13)7-12-11(14)16-8-9-5-3-2-4-6-9;1-8(2,3)7-9(4,5)6;/h13-19H,3-12,20-21H2,1-2H3;12-13H,2-11H2,1H3;2-6H,7-8H2,1H3,(H,12,14);1-6H3;/q;;;-1;+1/b19-16+;13-12+;;;. The summed E-state index contributed by atoms with van der Waals surface area (Å²) in [5.74, 6) is -1.78. The normalized spacial score (nSPS) is 10.8. The first-order chi connectivity index (χ1) is 34.3. The molecule has 0 atom stereocenters. The molecule has 17 heteroatoms. The van der Waals surface area contributed by atoms with E-state index in [9.17, 15) is 28.8 Å². The molecule has 0 aliphatic carbocycles. The first-order valence-electron chi connectivity index (χ1n) is 26.1. The van der Waals surface area contributed by atoms with Crippen molar-refractivity contribution < 1.29 is 66.6 Å². The van der Waals surface area contributed by atoms with E-state index in [1.54, 1.807) is 6.08 Å². The molecular weight excluding hydrogens is 973 g/mol. The second-order valence-corrected chi connectivity index (χ2v) is 29.3. The Kier molecular flexibility index (Phi) is 49.1. The third kappa shape index (κ3) is 52.7. The fourth-order valence-electron chi connectivity index (χ4n) is 6.82. The molecule has 0 radical (unpaired) electrons. The van der Waals surface area contributed by atoms with Crippen LogP contribution >= 0.6 is 11.6 Å². The Morgan fingerprint density at radius 3 is 1.32 bits per heavy atom. The van der Waals surface area contributed by atoms with Gasteiger partial charge in [-0.25, -0.2) is 14.5 Å². The number of rotatable bonds is 32. The Morgan fingerprint density at radius 1 is 0.562 bits per heavy atom. The molecule has 0 saturated heterocycles. The van der Waals surface area contributed by atoms with Crippen molar-refractivity contribution in [1.82, 2.24) is 10.2 Å². The number of hydrogen-bond donors (Lipinski definition) is 1. The van der Waals surface area contributed by atoms with E-state index >= 15 is 0 Å². The molecule has 408 valence electrons. The van der Waals surface area contributed by atoms with Crippen molar-refractivity contribution >= 4 is 63.3 Å². The minimum absolute atomic E-state index is 0. The summed E-state index contributed by atoms with van der Waals surface area (Å²) in [7, 11) is 0.246. The predicted octanol–water partition coefficient (Wildman–Crippen LogP) is 12.2. The number of hydrogen-bond acceptors (Lipinski definition) is 10. The van der Waals surface area contributed by atoms with Crippen LogP contribution < -0.4 is 24.2 Å². The zero-order chi connectivity index (χ0) is 54.3. The minimum Gasteiger partial charge on any atom is -0.668 e. The van der Waals surface area contributed by atoms with Gasteiger partial charge in [0, 0.05) is 0 Å². The summed E-state index contributed by atoms with van der Waals surface area (Å²) in [4.78, 5) is 69.3. The predicted molar refractivity (Wildman–Crippen MR) is 300 cm³/mol. The van der Waals surface area contributed by atoms with E-state index in [0.717, 1.165) is 41.7 Å². The number of nitrogens with one attached hydrogen (secondary N) is 1. The molecule has 0 aliphatic rings. The summed E-state index contributed by atoms with van der Waals surface area (Å²) in [6.45, 7) is 17.8. The van der Waals surface area contributed by atoms with Crippen LogP contribution in [0.3, 0.4) is 0 Å². The molecule has 0 fully saturated rings. The Morgan fingerprint density at radius 2 is 0.945 bits per heavy atom. The number of esters is 2. The number of carbonyl (C=O) groups excluding carboxylic acids is 6. The van der Waals surface area contributed by atoms with Crippen LogP contribution in [0.15, 0.2) is 85.0 Å². The average Bonchev–Trinajstić information content (AvgIpc) is 3.34. The topological polar surface area (TPSA) is 169 Å². The number of benzene rings is 2.